The van der Waals surface area contributed by atoms with Crippen LogP contribution in [-0.4, -0.2) is 68.4 Å². The van der Waals surface area contributed by atoms with E-state index in [4.69, 9.17) is 26.5 Å². The molecule has 1 aromatic heterocycles. The zero-order valence-electron chi connectivity index (χ0n) is 34.7. The second-order valence-corrected chi connectivity index (χ2v) is 22.1. The number of likely N-dealkylation sites (tertiary alicyclic amines) is 1. The van der Waals surface area contributed by atoms with Crippen molar-refractivity contribution in [1.82, 2.24) is 15.2 Å². The van der Waals surface area contributed by atoms with Crippen LogP contribution in [0.5, 0.6) is 11.5 Å². The van der Waals surface area contributed by atoms with Gasteiger partial charge in [0.05, 0.1) is 29.4 Å². The summed E-state index contributed by atoms with van der Waals surface area (Å²) in [5, 5.41) is 18.1. The normalized spacial score (nSPS) is 15.6. The number of methoxy groups -OCH3 is 1. The number of hydrogen-bond donors (Lipinski definition) is 5. The lowest BCUT2D eigenvalue weighted by molar-refractivity contribution is -0.124. The maximum Gasteiger partial charge on any atom is 0.248 e. The van der Waals surface area contributed by atoms with Crippen molar-refractivity contribution in [2.24, 2.45) is 11.7 Å². The van der Waals surface area contributed by atoms with Gasteiger partial charge in [-0.3, -0.25) is 14.4 Å². The summed E-state index contributed by atoms with van der Waals surface area (Å²) in [7, 11) is -0.709. The van der Waals surface area contributed by atoms with Gasteiger partial charge in [0.2, 0.25) is 17.4 Å². The molecule has 4 aromatic carbocycles. The fourth-order valence-electron chi connectivity index (χ4n) is 8.03. The monoisotopic (exact) mass is 837 g/mol. The highest BCUT2D eigenvalue weighted by molar-refractivity contribution is 6.74. The Morgan fingerprint density at radius 1 is 1.00 bits per heavy atom. The van der Waals surface area contributed by atoms with Crippen molar-refractivity contribution in [3.8, 4) is 11.5 Å². The summed E-state index contributed by atoms with van der Waals surface area (Å²) in [6, 6.07) is 29.6. The SMILES string of the molecule is COc1cc(NC(=O)CCN2CCC(C(C(N)=O)(c3ccccc3)c3ccccc3)C2)c(Cl)cc1CNCC(O[Si](C)(C)C(C)(C)C)c1ccc(O)c2[nH]c(=O)ccc12. The van der Waals surface area contributed by atoms with Crippen LogP contribution in [0.1, 0.15) is 62.0 Å². The van der Waals surface area contributed by atoms with Crippen LogP contribution in [-0.2, 0) is 26.0 Å². The minimum absolute atomic E-state index is 0.00865. The third-order valence-electron chi connectivity index (χ3n) is 12.2. The van der Waals surface area contributed by atoms with E-state index in [1.165, 1.54) is 6.07 Å². The average molecular weight is 839 g/mol. The van der Waals surface area contributed by atoms with Crippen molar-refractivity contribution in [3.63, 3.8) is 0 Å². The van der Waals surface area contributed by atoms with Crippen LogP contribution in [0.2, 0.25) is 23.2 Å². The molecule has 1 saturated heterocycles. The zero-order valence-corrected chi connectivity index (χ0v) is 36.5. The first kappa shape index (κ1) is 43.6. The number of anilines is 1. The average Bonchev–Trinajstić information content (AvgIpc) is 3.67. The number of phenolic OH excluding ortho intramolecular Hbond substituents is 1. The van der Waals surface area contributed by atoms with E-state index in [2.05, 4.69) is 54.4 Å². The lowest BCUT2D eigenvalue weighted by atomic mass is 9.64. The summed E-state index contributed by atoms with van der Waals surface area (Å²) < 4.78 is 12.7. The first-order valence-electron chi connectivity index (χ1n) is 20.1. The molecule has 0 radical (unpaired) electrons. The lowest BCUT2D eigenvalue weighted by Gasteiger charge is -2.39. The highest BCUT2D eigenvalue weighted by atomic mass is 35.5. The molecule has 0 bridgehead atoms. The summed E-state index contributed by atoms with van der Waals surface area (Å²) in [5.74, 6) is -0.105. The first-order chi connectivity index (χ1) is 28.0. The molecule has 0 spiro atoms. The molecule has 2 unspecified atom stereocenters. The number of hydrogen-bond acceptors (Lipinski definition) is 8. The minimum Gasteiger partial charge on any atom is -0.506 e. The number of H-pyrrole nitrogens is 1. The van der Waals surface area contributed by atoms with Gasteiger partial charge in [0.25, 0.3) is 0 Å². The van der Waals surface area contributed by atoms with Gasteiger partial charge >= 0.3 is 0 Å². The highest BCUT2D eigenvalue weighted by Gasteiger charge is 2.49. The van der Waals surface area contributed by atoms with E-state index in [1.54, 1.807) is 31.4 Å². The van der Waals surface area contributed by atoms with Crippen molar-refractivity contribution >= 4 is 48.3 Å². The molecule has 2 atom stereocenters. The number of halogens is 1. The van der Waals surface area contributed by atoms with Crippen LogP contribution in [0.25, 0.3) is 10.9 Å². The number of nitrogens with zero attached hydrogens (tertiary/aromatic N) is 1. The molecule has 1 aliphatic heterocycles. The van der Waals surface area contributed by atoms with Crippen molar-refractivity contribution in [2.75, 3.05) is 38.6 Å². The van der Waals surface area contributed by atoms with E-state index in [9.17, 15) is 19.5 Å². The Labute approximate surface area is 352 Å². The maximum absolute atomic E-state index is 13.5. The number of aromatic amines is 1. The number of ether oxygens (including phenoxy) is 1. The Morgan fingerprint density at radius 2 is 1.66 bits per heavy atom. The number of fused-ring (bicyclic) bond motifs is 1. The topological polar surface area (TPSA) is 159 Å². The molecule has 6 N–H and O–H groups in total. The van der Waals surface area contributed by atoms with Crippen molar-refractivity contribution in [3.05, 3.63) is 135 Å². The van der Waals surface area contributed by atoms with Gasteiger partial charge in [-0.1, -0.05) is 99.1 Å². The van der Waals surface area contributed by atoms with Gasteiger partial charge in [0, 0.05) is 55.7 Å². The second kappa shape index (κ2) is 18.1. The summed E-state index contributed by atoms with van der Waals surface area (Å²) in [4.78, 5) is 44.0. The number of benzene rings is 4. The molecule has 2 amide bonds. The molecule has 13 heteroatoms. The number of pyridine rings is 1. The molecule has 1 aliphatic rings. The Bertz CT molecular complexity index is 2290. The molecular formula is C46H56ClN5O6Si. The second-order valence-electron chi connectivity index (χ2n) is 16.9. The maximum atomic E-state index is 13.5. The number of amides is 2. The number of nitrogens with one attached hydrogen (secondary N) is 3. The lowest BCUT2D eigenvalue weighted by Crippen LogP contribution is -2.49. The van der Waals surface area contributed by atoms with Crippen LogP contribution in [0, 0.1) is 5.92 Å². The van der Waals surface area contributed by atoms with Gasteiger partial charge in [-0.2, -0.15) is 0 Å². The predicted molar refractivity (Wildman–Crippen MR) is 238 cm³/mol. The number of rotatable bonds is 16. The van der Waals surface area contributed by atoms with Crippen LogP contribution < -0.4 is 26.7 Å². The molecular weight excluding hydrogens is 782 g/mol. The van der Waals surface area contributed by atoms with Crippen LogP contribution in [0.15, 0.2) is 102 Å². The Morgan fingerprint density at radius 3 is 2.27 bits per heavy atom. The molecule has 59 heavy (non-hydrogen) atoms. The molecule has 11 nitrogen and oxygen atoms in total. The zero-order chi connectivity index (χ0) is 42.5. The molecule has 0 aliphatic carbocycles. The van der Waals surface area contributed by atoms with Crippen molar-refractivity contribution in [1.29, 1.82) is 0 Å². The van der Waals surface area contributed by atoms with E-state index in [-0.39, 0.29) is 40.5 Å². The number of primary amides is 1. The fourth-order valence-corrected chi connectivity index (χ4v) is 9.54. The van der Waals surface area contributed by atoms with Gasteiger partial charge in [-0.25, -0.2) is 0 Å². The number of aromatic nitrogens is 1. The number of phenols is 1. The van der Waals surface area contributed by atoms with Gasteiger partial charge in [-0.05, 0) is 71.9 Å². The van der Waals surface area contributed by atoms with E-state index >= 15 is 0 Å². The van der Waals surface area contributed by atoms with Gasteiger partial charge in [0.15, 0.2) is 8.32 Å². The summed E-state index contributed by atoms with van der Waals surface area (Å²) in [6.07, 6.45) is 0.576. The quantitative estimate of drug-likeness (QED) is 0.0629. The Balaban J connectivity index is 1.12. The van der Waals surface area contributed by atoms with E-state index in [0.29, 0.717) is 53.5 Å². The number of nitrogens with two attached hydrogens (primary N) is 1. The summed E-state index contributed by atoms with van der Waals surface area (Å²) in [6.45, 7) is 13.6. The fraction of sp³-hybridized carbons (Fsp3) is 0.370. The molecule has 5 aromatic rings. The summed E-state index contributed by atoms with van der Waals surface area (Å²) >= 11 is 6.79. The third-order valence-corrected chi connectivity index (χ3v) is 17.0. The third kappa shape index (κ3) is 9.42. The van der Waals surface area contributed by atoms with Gasteiger partial charge in [0.1, 0.15) is 16.9 Å². The van der Waals surface area contributed by atoms with E-state index < -0.39 is 19.8 Å². The molecule has 0 saturated carbocycles. The van der Waals surface area contributed by atoms with Crippen LogP contribution >= 0.6 is 11.6 Å². The van der Waals surface area contributed by atoms with E-state index in [0.717, 1.165) is 35.2 Å². The summed E-state index contributed by atoms with van der Waals surface area (Å²) in [5.41, 5.74) is 9.16. The largest absolute Gasteiger partial charge is 0.506 e. The molecule has 1 fully saturated rings. The van der Waals surface area contributed by atoms with Gasteiger partial charge < -0.3 is 40.5 Å². The van der Waals surface area contributed by atoms with Crippen molar-refractivity contribution in [2.45, 2.75) is 69.8 Å². The van der Waals surface area contributed by atoms with Crippen molar-refractivity contribution < 1.29 is 23.9 Å². The minimum atomic E-state index is -2.28. The predicted octanol–water partition coefficient (Wildman–Crippen LogP) is 7.87. The van der Waals surface area contributed by atoms with E-state index in [1.807, 2.05) is 66.7 Å². The van der Waals surface area contributed by atoms with Crippen LogP contribution in [0.4, 0.5) is 5.69 Å². The highest BCUT2D eigenvalue weighted by Crippen LogP contribution is 2.44. The standard InChI is InChI=1S/C46H56ClN5O6Si/c1-45(2,3)59(5,6)58-40(34-17-19-38(53)43-35(34)18-20-41(54)51-43)28-49-27-30-25-36(47)37(26-39(30)57-4)50-42(55)22-24-52-23-21-33(29-52)46(44(48)56,31-13-9-7-10-14-31)32-15-11-8-12-16-32/h7-20,25-26,33,40,49,53H,21-24,27-29H2,1-6H3,(H2,48,56)(H,50,55)(H,51,54). The van der Waals surface area contributed by atoms with Crippen LogP contribution in [0.3, 0.4) is 0 Å². The number of carbonyl (C=O) groups is 2. The first-order valence-corrected chi connectivity index (χ1v) is 23.4. The number of aromatic hydroxyl groups is 1. The number of carbonyl (C=O) groups excluding carboxylic acids is 2. The molecule has 6 rings (SSSR count). The van der Waals surface area contributed by atoms with Gasteiger partial charge in [-0.15, -0.1) is 0 Å². The molecule has 312 valence electrons. The Hall–Kier alpha value is -4.98. The smallest absolute Gasteiger partial charge is 0.248 e. The molecule has 2 heterocycles. The Kier molecular flexibility index (Phi) is 13.4.